The molecule has 0 aromatic heterocycles. The van der Waals surface area contributed by atoms with Crippen molar-refractivity contribution in [2.75, 3.05) is 39.8 Å². The normalized spacial score (nSPS) is 20.2. The highest BCUT2D eigenvalue weighted by molar-refractivity contribution is 7.89. The standard InChI is InChI=1S/C20H30ClN3O3S/c1-23-13-8-16(9-14-23)7-10-22-20(25)17-5-6-18(21)19(15-17)28(26,27)24-11-3-2-4-12-24/h5-6,15-16H,2-4,7-14H2,1H3,(H,22,25). The Bertz CT molecular complexity index is 786. The van der Waals surface area contributed by atoms with Crippen LogP contribution in [0.3, 0.4) is 0 Å². The number of nitrogens with one attached hydrogen (secondary N) is 1. The second kappa shape index (κ2) is 9.57. The summed E-state index contributed by atoms with van der Waals surface area (Å²) in [6.07, 6.45) is 6.02. The average molecular weight is 428 g/mol. The molecule has 1 aromatic carbocycles. The van der Waals surface area contributed by atoms with Gasteiger partial charge in [-0.1, -0.05) is 18.0 Å². The second-order valence-electron chi connectivity index (χ2n) is 7.90. The fraction of sp³-hybridized carbons (Fsp3) is 0.650. The summed E-state index contributed by atoms with van der Waals surface area (Å²) in [5.41, 5.74) is 0.336. The van der Waals surface area contributed by atoms with E-state index in [4.69, 9.17) is 11.6 Å². The summed E-state index contributed by atoms with van der Waals surface area (Å²) in [6.45, 7) is 3.82. The highest BCUT2D eigenvalue weighted by atomic mass is 35.5. The van der Waals surface area contributed by atoms with Crippen LogP contribution in [0.4, 0.5) is 0 Å². The summed E-state index contributed by atoms with van der Waals surface area (Å²) in [5.74, 6) is 0.386. The largest absolute Gasteiger partial charge is 0.352 e. The van der Waals surface area contributed by atoms with E-state index in [2.05, 4.69) is 17.3 Å². The molecule has 1 N–H and O–H groups in total. The number of benzene rings is 1. The Hall–Kier alpha value is -1.15. The molecule has 2 heterocycles. The van der Waals surface area contributed by atoms with Crippen LogP contribution in [0.25, 0.3) is 0 Å². The molecule has 2 aliphatic rings. The first-order valence-corrected chi connectivity index (χ1v) is 12.0. The van der Waals surface area contributed by atoms with E-state index in [-0.39, 0.29) is 15.8 Å². The summed E-state index contributed by atoms with van der Waals surface area (Å²) in [5, 5.41) is 3.09. The Morgan fingerprint density at radius 3 is 2.50 bits per heavy atom. The van der Waals surface area contributed by atoms with E-state index in [1.165, 1.54) is 16.4 Å². The predicted octanol–water partition coefficient (Wildman–Crippen LogP) is 2.98. The number of hydrogen-bond donors (Lipinski definition) is 1. The highest BCUT2D eigenvalue weighted by Crippen LogP contribution is 2.28. The number of carbonyl (C=O) groups is 1. The number of halogens is 1. The lowest BCUT2D eigenvalue weighted by Crippen LogP contribution is -2.36. The minimum Gasteiger partial charge on any atom is -0.352 e. The van der Waals surface area contributed by atoms with Crippen LogP contribution in [-0.2, 0) is 10.0 Å². The molecule has 3 rings (SSSR count). The maximum absolute atomic E-state index is 12.9. The molecule has 156 valence electrons. The molecule has 0 bridgehead atoms. The van der Waals surface area contributed by atoms with Gasteiger partial charge in [0.1, 0.15) is 4.90 Å². The first-order chi connectivity index (χ1) is 13.4. The molecular formula is C20H30ClN3O3S. The van der Waals surface area contributed by atoms with Crippen LogP contribution in [0, 0.1) is 5.92 Å². The lowest BCUT2D eigenvalue weighted by atomic mass is 9.94. The van der Waals surface area contributed by atoms with E-state index in [0.717, 1.165) is 51.6 Å². The molecule has 0 aliphatic carbocycles. The van der Waals surface area contributed by atoms with Gasteiger partial charge in [-0.15, -0.1) is 0 Å². The fourth-order valence-electron chi connectivity index (χ4n) is 3.93. The van der Waals surface area contributed by atoms with Gasteiger partial charge < -0.3 is 10.2 Å². The number of hydrogen-bond acceptors (Lipinski definition) is 4. The molecule has 0 unspecified atom stereocenters. The second-order valence-corrected chi connectivity index (χ2v) is 10.2. The van der Waals surface area contributed by atoms with Gasteiger partial charge in [-0.05, 0) is 76.4 Å². The summed E-state index contributed by atoms with van der Waals surface area (Å²) >= 11 is 6.18. The molecule has 2 fully saturated rings. The van der Waals surface area contributed by atoms with Gasteiger partial charge in [0, 0.05) is 25.2 Å². The molecule has 0 saturated carbocycles. The van der Waals surface area contributed by atoms with E-state index >= 15 is 0 Å². The van der Waals surface area contributed by atoms with Crippen molar-refractivity contribution >= 4 is 27.5 Å². The fourth-order valence-corrected chi connectivity index (χ4v) is 5.95. The molecule has 6 nitrogen and oxygen atoms in total. The first kappa shape index (κ1) is 21.6. The predicted molar refractivity (Wildman–Crippen MR) is 111 cm³/mol. The number of sulfonamides is 1. The third-order valence-corrected chi connectivity index (χ3v) is 8.18. The van der Waals surface area contributed by atoms with Gasteiger partial charge in [0.15, 0.2) is 0 Å². The summed E-state index contributed by atoms with van der Waals surface area (Å²) in [4.78, 5) is 14.9. The monoisotopic (exact) mass is 427 g/mol. The highest BCUT2D eigenvalue weighted by Gasteiger charge is 2.28. The van der Waals surface area contributed by atoms with Crippen molar-refractivity contribution in [2.45, 2.75) is 43.4 Å². The van der Waals surface area contributed by atoms with Crippen molar-refractivity contribution in [1.29, 1.82) is 0 Å². The van der Waals surface area contributed by atoms with E-state index in [0.29, 0.717) is 31.1 Å². The number of amides is 1. The molecule has 28 heavy (non-hydrogen) atoms. The zero-order chi connectivity index (χ0) is 20.1. The van der Waals surface area contributed by atoms with Gasteiger partial charge in [-0.2, -0.15) is 4.31 Å². The van der Waals surface area contributed by atoms with Gasteiger partial charge in [0.2, 0.25) is 10.0 Å². The minimum atomic E-state index is -3.67. The average Bonchev–Trinajstić information content (AvgIpc) is 2.70. The SMILES string of the molecule is CN1CCC(CCNC(=O)c2ccc(Cl)c(S(=O)(=O)N3CCCCC3)c2)CC1. The van der Waals surface area contributed by atoms with E-state index in [1.807, 2.05) is 0 Å². The Labute approximate surface area is 173 Å². The van der Waals surface area contributed by atoms with Crippen molar-refractivity contribution in [3.8, 4) is 0 Å². The zero-order valence-electron chi connectivity index (χ0n) is 16.5. The minimum absolute atomic E-state index is 0.0269. The first-order valence-electron chi connectivity index (χ1n) is 10.1. The lowest BCUT2D eigenvalue weighted by molar-refractivity contribution is 0.0948. The van der Waals surface area contributed by atoms with E-state index in [9.17, 15) is 13.2 Å². The van der Waals surface area contributed by atoms with Crippen LogP contribution >= 0.6 is 11.6 Å². The number of carbonyl (C=O) groups excluding carboxylic acids is 1. The van der Waals surface area contributed by atoms with Crippen LogP contribution in [0.1, 0.15) is 48.9 Å². The third kappa shape index (κ3) is 5.26. The lowest BCUT2D eigenvalue weighted by Gasteiger charge is -2.28. The summed E-state index contributed by atoms with van der Waals surface area (Å²) in [7, 11) is -1.54. The Morgan fingerprint density at radius 2 is 1.82 bits per heavy atom. The molecule has 0 spiro atoms. The van der Waals surface area contributed by atoms with Crippen LogP contribution in [0.15, 0.2) is 23.1 Å². The van der Waals surface area contributed by atoms with Crippen molar-refractivity contribution in [3.63, 3.8) is 0 Å². The molecule has 2 aliphatic heterocycles. The molecule has 1 amide bonds. The Balaban J connectivity index is 1.62. The number of piperidine rings is 2. The molecule has 2 saturated heterocycles. The van der Waals surface area contributed by atoms with E-state index in [1.54, 1.807) is 6.07 Å². The number of rotatable bonds is 6. The maximum Gasteiger partial charge on any atom is 0.251 e. The Kier molecular flexibility index (Phi) is 7.36. The zero-order valence-corrected chi connectivity index (χ0v) is 18.1. The molecular weight excluding hydrogens is 398 g/mol. The van der Waals surface area contributed by atoms with Gasteiger partial charge in [-0.25, -0.2) is 8.42 Å². The number of nitrogens with zero attached hydrogens (tertiary/aromatic N) is 2. The van der Waals surface area contributed by atoms with Crippen molar-refractivity contribution < 1.29 is 13.2 Å². The quantitative estimate of drug-likeness (QED) is 0.757. The molecule has 1 aromatic rings. The number of likely N-dealkylation sites (tertiary alicyclic amines) is 1. The molecule has 0 atom stereocenters. The van der Waals surface area contributed by atoms with Crippen molar-refractivity contribution in [1.82, 2.24) is 14.5 Å². The van der Waals surface area contributed by atoms with E-state index < -0.39 is 10.0 Å². The van der Waals surface area contributed by atoms with Gasteiger partial charge in [0.25, 0.3) is 5.91 Å². The van der Waals surface area contributed by atoms with Gasteiger partial charge >= 0.3 is 0 Å². The Morgan fingerprint density at radius 1 is 1.14 bits per heavy atom. The van der Waals surface area contributed by atoms with Gasteiger partial charge in [0.05, 0.1) is 5.02 Å². The summed E-state index contributed by atoms with van der Waals surface area (Å²) in [6, 6.07) is 4.50. The van der Waals surface area contributed by atoms with Crippen LogP contribution in [-0.4, -0.2) is 63.3 Å². The molecule has 0 radical (unpaired) electrons. The van der Waals surface area contributed by atoms with Crippen LogP contribution < -0.4 is 5.32 Å². The smallest absolute Gasteiger partial charge is 0.251 e. The van der Waals surface area contributed by atoms with Crippen LogP contribution in [0.5, 0.6) is 0 Å². The topological polar surface area (TPSA) is 69.7 Å². The van der Waals surface area contributed by atoms with Crippen LogP contribution in [0.2, 0.25) is 5.02 Å². The van der Waals surface area contributed by atoms with Crippen molar-refractivity contribution in [3.05, 3.63) is 28.8 Å². The van der Waals surface area contributed by atoms with Crippen molar-refractivity contribution in [2.24, 2.45) is 5.92 Å². The molecule has 8 heteroatoms. The summed E-state index contributed by atoms with van der Waals surface area (Å²) < 4.78 is 27.3. The third-order valence-electron chi connectivity index (χ3n) is 5.80. The maximum atomic E-state index is 12.9. The van der Waals surface area contributed by atoms with Gasteiger partial charge in [-0.3, -0.25) is 4.79 Å².